The molecule has 1 aromatic carbocycles. The van der Waals surface area contributed by atoms with Gasteiger partial charge < -0.3 is 19.7 Å². The number of rotatable bonds is 3. The van der Waals surface area contributed by atoms with E-state index in [4.69, 9.17) is 21.1 Å². The first kappa shape index (κ1) is 20.0. The Morgan fingerprint density at radius 2 is 2.07 bits per heavy atom. The average molecular weight is 407 g/mol. The maximum atomic E-state index is 12.7. The summed E-state index contributed by atoms with van der Waals surface area (Å²) in [5.74, 6) is 0.375. The molecular weight excluding hydrogens is 384 g/mol. The second kappa shape index (κ2) is 7.71. The van der Waals surface area contributed by atoms with E-state index in [1.807, 2.05) is 20.8 Å². The van der Waals surface area contributed by atoms with Crippen LogP contribution in [0.3, 0.4) is 0 Å². The van der Waals surface area contributed by atoms with E-state index in [1.54, 1.807) is 17.0 Å². The zero-order valence-corrected chi connectivity index (χ0v) is 17.0. The van der Waals surface area contributed by atoms with Gasteiger partial charge in [-0.1, -0.05) is 11.6 Å². The van der Waals surface area contributed by atoms with Gasteiger partial charge in [0.15, 0.2) is 5.82 Å². The zero-order chi connectivity index (χ0) is 20.5. The molecule has 1 aliphatic rings. The molecule has 150 valence electrons. The van der Waals surface area contributed by atoms with Crippen molar-refractivity contribution in [2.75, 3.05) is 19.0 Å². The van der Waals surface area contributed by atoms with Crippen LogP contribution < -0.4 is 10.1 Å². The van der Waals surface area contributed by atoms with Gasteiger partial charge in [-0.25, -0.2) is 4.79 Å². The topological polar surface area (TPSA) is 96.5 Å². The van der Waals surface area contributed by atoms with Gasteiger partial charge in [-0.3, -0.25) is 9.89 Å². The van der Waals surface area contributed by atoms with Gasteiger partial charge >= 0.3 is 6.09 Å². The van der Waals surface area contributed by atoms with Crippen molar-refractivity contribution in [3.63, 3.8) is 0 Å². The van der Waals surface area contributed by atoms with E-state index in [-0.39, 0.29) is 0 Å². The summed E-state index contributed by atoms with van der Waals surface area (Å²) in [5.41, 5.74) is 1.36. The number of nitrogens with one attached hydrogen (secondary N) is 2. The summed E-state index contributed by atoms with van der Waals surface area (Å²) < 4.78 is 10.7. The molecule has 0 atom stereocenters. The van der Waals surface area contributed by atoms with Gasteiger partial charge in [-0.15, -0.1) is 0 Å². The van der Waals surface area contributed by atoms with Gasteiger partial charge in [0.2, 0.25) is 0 Å². The van der Waals surface area contributed by atoms with Gasteiger partial charge in [-0.2, -0.15) is 5.10 Å². The lowest BCUT2D eigenvalue weighted by Crippen LogP contribution is -2.40. The van der Waals surface area contributed by atoms with Gasteiger partial charge in [0, 0.05) is 29.2 Å². The molecule has 1 aliphatic heterocycles. The predicted octanol–water partition coefficient (Wildman–Crippen LogP) is 3.62. The lowest BCUT2D eigenvalue weighted by molar-refractivity contribution is 0.0224. The molecule has 0 unspecified atom stereocenters. The molecule has 2 N–H and O–H groups in total. The summed E-state index contributed by atoms with van der Waals surface area (Å²) in [6.45, 7) is 6.27. The lowest BCUT2D eigenvalue weighted by atomic mass is 10.1. The second-order valence-electron chi connectivity index (χ2n) is 7.48. The number of hydrogen-bond donors (Lipinski definition) is 2. The minimum Gasteiger partial charge on any atom is -0.496 e. The molecule has 0 saturated carbocycles. The Bertz CT molecular complexity index is 904. The summed E-state index contributed by atoms with van der Waals surface area (Å²) >= 11 is 6.01. The number of anilines is 1. The number of benzene rings is 1. The van der Waals surface area contributed by atoms with Crippen LogP contribution in [0.25, 0.3) is 0 Å². The van der Waals surface area contributed by atoms with E-state index in [1.165, 1.54) is 13.2 Å². The van der Waals surface area contributed by atoms with Crippen LogP contribution in [-0.2, 0) is 17.7 Å². The molecule has 28 heavy (non-hydrogen) atoms. The highest BCUT2D eigenvalue weighted by atomic mass is 35.5. The molecule has 0 spiro atoms. The first-order chi connectivity index (χ1) is 13.2. The smallest absolute Gasteiger partial charge is 0.410 e. The normalized spacial score (nSPS) is 13.7. The monoisotopic (exact) mass is 406 g/mol. The molecule has 3 rings (SSSR count). The second-order valence-corrected chi connectivity index (χ2v) is 7.92. The third kappa shape index (κ3) is 4.39. The SMILES string of the molecule is COc1ccc(Cl)cc1C(=O)Nc1n[nH]c2c1CN(C(=O)OC(C)(C)C)CC2. The van der Waals surface area contributed by atoms with Crippen molar-refractivity contribution in [1.82, 2.24) is 15.1 Å². The average Bonchev–Trinajstić information content (AvgIpc) is 3.02. The van der Waals surface area contributed by atoms with E-state index in [0.29, 0.717) is 41.7 Å². The Labute approximate surface area is 168 Å². The zero-order valence-electron chi connectivity index (χ0n) is 16.3. The van der Waals surface area contributed by atoms with E-state index >= 15 is 0 Å². The van der Waals surface area contributed by atoms with Crippen molar-refractivity contribution in [1.29, 1.82) is 0 Å². The Kier molecular flexibility index (Phi) is 5.51. The highest BCUT2D eigenvalue weighted by Gasteiger charge is 2.29. The largest absolute Gasteiger partial charge is 0.496 e. The van der Waals surface area contributed by atoms with Crippen molar-refractivity contribution in [2.45, 2.75) is 39.3 Å². The van der Waals surface area contributed by atoms with Crippen LogP contribution in [0.15, 0.2) is 18.2 Å². The van der Waals surface area contributed by atoms with Gasteiger partial charge in [-0.05, 0) is 39.0 Å². The minimum atomic E-state index is -0.575. The number of methoxy groups -OCH3 is 1. The lowest BCUT2D eigenvalue weighted by Gasteiger charge is -2.30. The van der Waals surface area contributed by atoms with Crippen LogP contribution in [0.4, 0.5) is 10.6 Å². The number of amides is 2. The Morgan fingerprint density at radius 3 is 2.75 bits per heavy atom. The number of carbonyl (C=O) groups excluding carboxylic acids is 2. The van der Waals surface area contributed by atoms with Crippen molar-refractivity contribution < 1.29 is 19.1 Å². The molecule has 2 amide bonds. The van der Waals surface area contributed by atoms with Gasteiger partial charge in [0.1, 0.15) is 11.4 Å². The number of aromatic nitrogens is 2. The van der Waals surface area contributed by atoms with Gasteiger partial charge in [0.05, 0.1) is 19.2 Å². The fourth-order valence-electron chi connectivity index (χ4n) is 2.91. The minimum absolute atomic E-state index is 0.295. The molecule has 8 nitrogen and oxygen atoms in total. The molecule has 1 aromatic heterocycles. The highest BCUT2D eigenvalue weighted by molar-refractivity contribution is 6.31. The first-order valence-corrected chi connectivity index (χ1v) is 9.24. The fraction of sp³-hybridized carbons (Fsp3) is 0.421. The molecule has 0 bridgehead atoms. The third-order valence-corrected chi connectivity index (χ3v) is 4.46. The van der Waals surface area contributed by atoms with E-state index in [2.05, 4.69) is 15.5 Å². The fourth-order valence-corrected chi connectivity index (χ4v) is 3.09. The van der Waals surface area contributed by atoms with Crippen molar-refractivity contribution in [2.24, 2.45) is 0 Å². The van der Waals surface area contributed by atoms with Crippen LogP contribution in [0.1, 0.15) is 42.4 Å². The third-order valence-electron chi connectivity index (χ3n) is 4.22. The quantitative estimate of drug-likeness (QED) is 0.811. The van der Waals surface area contributed by atoms with Gasteiger partial charge in [0.25, 0.3) is 5.91 Å². The molecule has 9 heteroatoms. The number of H-pyrrole nitrogens is 1. The van der Waals surface area contributed by atoms with Crippen LogP contribution >= 0.6 is 11.6 Å². The van der Waals surface area contributed by atoms with E-state index in [9.17, 15) is 9.59 Å². The number of nitrogens with zero attached hydrogens (tertiary/aromatic N) is 2. The first-order valence-electron chi connectivity index (χ1n) is 8.87. The number of fused-ring (bicyclic) bond motifs is 1. The maximum Gasteiger partial charge on any atom is 0.410 e. The number of aromatic amines is 1. The summed E-state index contributed by atoms with van der Waals surface area (Å²) in [6, 6.07) is 4.80. The van der Waals surface area contributed by atoms with Crippen LogP contribution in [-0.4, -0.2) is 46.4 Å². The molecule has 0 saturated heterocycles. The molecule has 2 aromatic rings. The molecular formula is C19H23ClN4O4. The molecule has 0 radical (unpaired) electrons. The number of carbonyl (C=O) groups is 2. The summed E-state index contributed by atoms with van der Waals surface area (Å²) in [6.07, 6.45) is 0.200. The van der Waals surface area contributed by atoms with E-state index in [0.717, 1.165) is 11.3 Å². The Morgan fingerprint density at radius 1 is 1.32 bits per heavy atom. The van der Waals surface area contributed by atoms with E-state index < -0.39 is 17.6 Å². The van der Waals surface area contributed by atoms with Crippen molar-refractivity contribution in [3.8, 4) is 5.75 Å². The number of halogens is 1. The molecule has 2 heterocycles. The summed E-state index contributed by atoms with van der Waals surface area (Å²) in [4.78, 5) is 26.7. The number of ether oxygens (including phenoxy) is 2. The molecule has 0 fully saturated rings. The Balaban J connectivity index is 1.78. The van der Waals surface area contributed by atoms with Crippen LogP contribution in [0.2, 0.25) is 5.02 Å². The summed E-state index contributed by atoms with van der Waals surface area (Å²) in [5, 5.41) is 10.3. The summed E-state index contributed by atoms with van der Waals surface area (Å²) in [7, 11) is 1.48. The van der Waals surface area contributed by atoms with Crippen molar-refractivity contribution >= 4 is 29.4 Å². The molecule has 0 aliphatic carbocycles. The maximum absolute atomic E-state index is 12.7. The predicted molar refractivity (Wildman–Crippen MR) is 105 cm³/mol. The Hall–Kier alpha value is -2.74. The van der Waals surface area contributed by atoms with Crippen LogP contribution in [0.5, 0.6) is 5.75 Å². The number of hydrogen-bond acceptors (Lipinski definition) is 5. The highest BCUT2D eigenvalue weighted by Crippen LogP contribution is 2.27. The van der Waals surface area contributed by atoms with Crippen LogP contribution in [0, 0.1) is 0 Å². The standard InChI is InChI=1S/C19H23ClN4O4/c1-19(2,3)28-18(26)24-8-7-14-13(10-24)16(23-22-14)21-17(25)12-9-11(20)5-6-15(12)27-4/h5-6,9H,7-8,10H2,1-4H3,(H2,21,22,23,25). The van der Waals surface area contributed by atoms with Crippen molar-refractivity contribution in [3.05, 3.63) is 40.0 Å².